The molecule has 2 aromatic heterocycles. The molecule has 1 unspecified atom stereocenters. The van der Waals surface area contributed by atoms with Crippen molar-refractivity contribution in [3.63, 3.8) is 0 Å². The minimum Gasteiger partial charge on any atom is -0.356 e. The third kappa shape index (κ3) is 3.03. The zero-order valence-electron chi connectivity index (χ0n) is 14.3. The molecule has 0 aliphatic rings. The van der Waals surface area contributed by atoms with Crippen molar-refractivity contribution in [2.75, 3.05) is 0 Å². The molecule has 2 N–H and O–H groups in total. The van der Waals surface area contributed by atoms with Gasteiger partial charge in [-0.1, -0.05) is 54.2 Å². The molecular formula is C22H19N3O. The van der Waals surface area contributed by atoms with E-state index >= 15 is 0 Å². The highest BCUT2D eigenvalue weighted by Crippen LogP contribution is 2.33. The van der Waals surface area contributed by atoms with E-state index in [2.05, 4.69) is 16.7 Å². The van der Waals surface area contributed by atoms with E-state index in [1.807, 2.05) is 66.7 Å². The lowest BCUT2D eigenvalue weighted by Gasteiger charge is -2.15. The summed E-state index contributed by atoms with van der Waals surface area (Å²) in [6.07, 6.45) is 2.37. The van der Waals surface area contributed by atoms with Crippen molar-refractivity contribution >= 4 is 17.0 Å². The first-order valence-electron chi connectivity index (χ1n) is 8.54. The molecule has 0 amide bonds. The number of benzene rings is 2. The zero-order valence-corrected chi connectivity index (χ0v) is 14.3. The fraction of sp³-hybridized carbons (Fsp3) is 0.0909. The maximum Gasteiger partial charge on any atom is 0.167 e. The monoisotopic (exact) mass is 341 g/mol. The predicted molar refractivity (Wildman–Crippen MR) is 104 cm³/mol. The van der Waals surface area contributed by atoms with Gasteiger partial charge in [0.25, 0.3) is 0 Å². The van der Waals surface area contributed by atoms with E-state index < -0.39 is 0 Å². The molecule has 2 aromatic carbocycles. The van der Waals surface area contributed by atoms with E-state index in [4.69, 9.17) is 10.3 Å². The number of hydrogen-bond acceptors (Lipinski definition) is 4. The Labute approximate surface area is 152 Å². The van der Waals surface area contributed by atoms with Gasteiger partial charge in [0, 0.05) is 29.1 Å². The molecule has 4 aromatic rings. The lowest BCUT2D eigenvalue weighted by molar-refractivity contribution is 0.459. The van der Waals surface area contributed by atoms with Gasteiger partial charge in [-0.2, -0.15) is 0 Å². The second kappa shape index (κ2) is 6.94. The summed E-state index contributed by atoms with van der Waals surface area (Å²) in [4.78, 5) is 4.57. The van der Waals surface area contributed by atoms with Crippen molar-refractivity contribution < 1.29 is 4.52 Å². The van der Waals surface area contributed by atoms with Crippen molar-refractivity contribution in [1.29, 1.82) is 0 Å². The van der Waals surface area contributed by atoms with E-state index in [9.17, 15) is 0 Å². The number of rotatable bonds is 5. The quantitative estimate of drug-likeness (QED) is 0.567. The molecule has 0 saturated heterocycles. The molecular weight excluding hydrogens is 322 g/mol. The molecule has 0 spiro atoms. The van der Waals surface area contributed by atoms with Gasteiger partial charge >= 0.3 is 0 Å². The average Bonchev–Trinajstić information content (AvgIpc) is 3.12. The smallest absolute Gasteiger partial charge is 0.167 e. The lowest BCUT2D eigenvalue weighted by atomic mass is 9.94. The van der Waals surface area contributed by atoms with Crippen molar-refractivity contribution in [1.82, 2.24) is 10.1 Å². The third-order valence-electron chi connectivity index (χ3n) is 4.46. The van der Waals surface area contributed by atoms with Crippen molar-refractivity contribution in [3.05, 3.63) is 90.3 Å². The summed E-state index contributed by atoms with van der Waals surface area (Å²) in [5, 5.41) is 5.27. The summed E-state index contributed by atoms with van der Waals surface area (Å²) < 4.78 is 5.47. The minimum atomic E-state index is -0.200. The van der Waals surface area contributed by atoms with Gasteiger partial charge in [0.2, 0.25) is 0 Å². The second-order valence-corrected chi connectivity index (χ2v) is 6.18. The fourth-order valence-electron chi connectivity index (χ4n) is 3.18. The first-order chi connectivity index (χ1) is 12.8. The molecule has 128 valence electrons. The number of nitrogens with zero attached hydrogens (tertiary/aromatic N) is 2. The van der Waals surface area contributed by atoms with E-state index in [1.54, 1.807) is 6.08 Å². The molecule has 2 heterocycles. The number of fused-ring (bicyclic) bond motifs is 1. The molecule has 4 nitrogen and oxygen atoms in total. The Bertz CT molecular complexity index is 1070. The van der Waals surface area contributed by atoms with Crippen molar-refractivity contribution in [3.8, 4) is 11.3 Å². The molecule has 0 bridgehead atoms. The number of pyridine rings is 1. The van der Waals surface area contributed by atoms with Crippen LogP contribution in [0.25, 0.3) is 28.3 Å². The van der Waals surface area contributed by atoms with Gasteiger partial charge in [0.05, 0.1) is 5.69 Å². The van der Waals surface area contributed by atoms with Crippen LogP contribution in [-0.4, -0.2) is 10.1 Å². The standard InChI is InChI=1S/C22H19N3O/c1-2-15-8-7-9-16(24-15)14-20(23)17-10-3-4-11-18(17)22-19-12-5-6-13-21(19)26-25-22/h2-13,20H,1,14,23H2. The Morgan fingerprint density at radius 3 is 2.69 bits per heavy atom. The van der Waals surface area contributed by atoms with Crippen LogP contribution in [-0.2, 0) is 6.42 Å². The topological polar surface area (TPSA) is 64.9 Å². The Hall–Kier alpha value is -3.24. The van der Waals surface area contributed by atoms with Crippen LogP contribution in [0.15, 0.2) is 77.8 Å². The molecule has 0 aliphatic carbocycles. The van der Waals surface area contributed by atoms with Crippen LogP contribution in [0, 0.1) is 0 Å². The van der Waals surface area contributed by atoms with Crippen LogP contribution in [0.2, 0.25) is 0 Å². The highest BCUT2D eigenvalue weighted by Gasteiger charge is 2.18. The van der Waals surface area contributed by atoms with Crippen LogP contribution >= 0.6 is 0 Å². The van der Waals surface area contributed by atoms with E-state index in [0.717, 1.165) is 39.2 Å². The lowest BCUT2D eigenvalue weighted by Crippen LogP contribution is -2.15. The summed E-state index contributed by atoms with van der Waals surface area (Å²) in [5.74, 6) is 0. The molecule has 0 aliphatic heterocycles. The largest absolute Gasteiger partial charge is 0.356 e. The van der Waals surface area contributed by atoms with Gasteiger partial charge in [-0.25, -0.2) is 0 Å². The Kier molecular flexibility index (Phi) is 4.33. The van der Waals surface area contributed by atoms with E-state index in [-0.39, 0.29) is 6.04 Å². The van der Waals surface area contributed by atoms with E-state index in [1.165, 1.54) is 0 Å². The van der Waals surface area contributed by atoms with Gasteiger partial charge < -0.3 is 10.3 Å². The van der Waals surface area contributed by atoms with Gasteiger partial charge in [-0.3, -0.25) is 4.98 Å². The normalized spacial score (nSPS) is 12.2. The second-order valence-electron chi connectivity index (χ2n) is 6.18. The number of hydrogen-bond donors (Lipinski definition) is 1. The van der Waals surface area contributed by atoms with Crippen molar-refractivity contribution in [2.24, 2.45) is 5.73 Å². The van der Waals surface area contributed by atoms with Crippen LogP contribution < -0.4 is 5.73 Å². The number of nitrogens with two attached hydrogens (primary N) is 1. The van der Waals surface area contributed by atoms with Gasteiger partial charge in [-0.05, 0) is 35.9 Å². The fourth-order valence-corrected chi connectivity index (χ4v) is 3.18. The molecule has 1 atom stereocenters. The minimum absolute atomic E-state index is 0.200. The predicted octanol–water partition coefficient (Wildman–Crippen LogP) is 4.78. The van der Waals surface area contributed by atoms with Gasteiger partial charge in [-0.15, -0.1) is 0 Å². The highest BCUT2D eigenvalue weighted by atomic mass is 16.5. The van der Waals surface area contributed by atoms with Gasteiger partial charge in [0.1, 0.15) is 5.69 Å². The Balaban J connectivity index is 1.72. The molecule has 0 radical (unpaired) electrons. The maximum atomic E-state index is 6.55. The first kappa shape index (κ1) is 16.2. The number of para-hydroxylation sites is 1. The van der Waals surface area contributed by atoms with E-state index in [0.29, 0.717) is 6.42 Å². The summed E-state index contributed by atoms with van der Waals surface area (Å²) in [6, 6.07) is 21.6. The molecule has 0 saturated carbocycles. The molecule has 4 rings (SSSR count). The molecule has 4 heteroatoms. The maximum absolute atomic E-state index is 6.55. The SMILES string of the molecule is C=Cc1cccc(CC(N)c2ccccc2-c2noc3ccccc23)n1. The first-order valence-corrected chi connectivity index (χ1v) is 8.54. The summed E-state index contributed by atoms with van der Waals surface area (Å²) in [6.45, 7) is 3.77. The summed E-state index contributed by atoms with van der Waals surface area (Å²) in [7, 11) is 0. The third-order valence-corrected chi connectivity index (χ3v) is 4.46. The van der Waals surface area contributed by atoms with Gasteiger partial charge in [0.15, 0.2) is 5.58 Å². The zero-order chi connectivity index (χ0) is 17.9. The highest BCUT2D eigenvalue weighted by molar-refractivity contribution is 5.92. The molecule has 26 heavy (non-hydrogen) atoms. The van der Waals surface area contributed by atoms with Crippen LogP contribution in [0.3, 0.4) is 0 Å². The summed E-state index contributed by atoms with van der Waals surface area (Å²) >= 11 is 0. The van der Waals surface area contributed by atoms with Crippen LogP contribution in [0.1, 0.15) is 23.0 Å². The molecule has 0 fully saturated rings. The Morgan fingerprint density at radius 1 is 1.00 bits per heavy atom. The van der Waals surface area contributed by atoms with Crippen molar-refractivity contribution in [2.45, 2.75) is 12.5 Å². The summed E-state index contributed by atoms with van der Waals surface area (Å²) in [5.41, 5.74) is 11.9. The number of aromatic nitrogens is 2. The van der Waals surface area contributed by atoms with Crippen LogP contribution in [0.4, 0.5) is 0 Å². The van der Waals surface area contributed by atoms with Crippen LogP contribution in [0.5, 0.6) is 0 Å². The average molecular weight is 341 g/mol. The Morgan fingerprint density at radius 2 is 1.81 bits per heavy atom.